The first kappa shape index (κ1) is 17.2. The Morgan fingerprint density at radius 1 is 1.28 bits per heavy atom. The van der Waals surface area contributed by atoms with E-state index in [9.17, 15) is 14.7 Å². The number of esters is 1. The molecule has 1 aromatic heterocycles. The highest BCUT2D eigenvalue weighted by Crippen LogP contribution is 2.14. The van der Waals surface area contributed by atoms with E-state index in [1.165, 1.54) is 4.57 Å². The molecule has 0 amide bonds. The summed E-state index contributed by atoms with van der Waals surface area (Å²) in [6.45, 7) is 1.64. The van der Waals surface area contributed by atoms with Gasteiger partial charge in [-0.3, -0.25) is 9.59 Å². The van der Waals surface area contributed by atoms with Crippen molar-refractivity contribution in [2.45, 2.75) is 31.8 Å². The number of aromatic nitrogens is 1. The first-order valence-electron chi connectivity index (χ1n) is 8.47. The minimum atomic E-state index is -0.508. The molecule has 1 atom stereocenters. The normalized spacial score (nSPS) is 16.7. The van der Waals surface area contributed by atoms with Crippen molar-refractivity contribution in [1.82, 2.24) is 9.88 Å². The number of nitrogens with one attached hydrogen (secondary N) is 1. The number of carbonyl (C=O) groups is 1. The third-order valence-corrected chi connectivity index (χ3v) is 4.36. The van der Waals surface area contributed by atoms with Crippen LogP contribution in [0, 0.1) is 0 Å². The zero-order chi connectivity index (χ0) is 17.6. The quantitative estimate of drug-likeness (QED) is 0.777. The van der Waals surface area contributed by atoms with Crippen molar-refractivity contribution in [2.75, 3.05) is 13.2 Å². The second kappa shape index (κ2) is 7.98. The van der Waals surface area contributed by atoms with Gasteiger partial charge in [-0.05, 0) is 31.0 Å². The Labute approximate surface area is 146 Å². The summed E-state index contributed by atoms with van der Waals surface area (Å²) in [5.41, 5.74) is 0.741. The first-order valence-corrected chi connectivity index (χ1v) is 8.47. The van der Waals surface area contributed by atoms with Crippen LogP contribution in [0.2, 0.25) is 0 Å². The molecule has 0 bridgehead atoms. The van der Waals surface area contributed by atoms with Crippen molar-refractivity contribution in [1.29, 1.82) is 0 Å². The topological polar surface area (TPSA) is 80.6 Å². The van der Waals surface area contributed by atoms with Gasteiger partial charge in [0, 0.05) is 17.8 Å². The SMILES string of the molecule is O=C(Cc1ccn(Cc2ccccc2)c(=O)c1O)OCC1CCCN1. The van der Waals surface area contributed by atoms with Crippen LogP contribution in [0.5, 0.6) is 5.75 Å². The molecule has 6 nitrogen and oxygen atoms in total. The van der Waals surface area contributed by atoms with Crippen LogP contribution in [0.15, 0.2) is 47.4 Å². The second-order valence-electron chi connectivity index (χ2n) is 6.26. The Kier molecular flexibility index (Phi) is 5.50. The molecule has 6 heteroatoms. The van der Waals surface area contributed by atoms with Crippen molar-refractivity contribution < 1.29 is 14.6 Å². The van der Waals surface area contributed by atoms with Crippen molar-refractivity contribution >= 4 is 5.97 Å². The number of hydrogen-bond donors (Lipinski definition) is 2. The molecule has 1 aliphatic rings. The Hall–Kier alpha value is -2.60. The first-order chi connectivity index (χ1) is 12.1. The molecule has 2 aromatic rings. The predicted molar refractivity (Wildman–Crippen MR) is 93.6 cm³/mol. The molecule has 0 aliphatic carbocycles. The van der Waals surface area contributed by atoms with Crippen LogP contribution in [0.4, 0.5) is 0 Å². The highest BCUT2D eigenvalue weighted by molar-refractivity contribution is 5.73. The lowest BCUT2D eigenvalue weighted by Crippen LogP contribution is -2.28. The second-order valence-corrected chi connectivity index (χ2v) is 6.26. The number of hydrogen-bond acceptors (Lipinski definition) is 5. The summed E-state index contributed by atoms with van der Waals surface area (Å²) in [6.07, 6.45) is 3.56. The van der Waals surface area contributed by atoms with Gasteiger partial charge in [-0.15, -0.1) is 0 Å². The van der Waals surface area contributed by atoms with Gasteiger partial charge in [0.05, 0.1) is 13.0 Å². The van der Waals surface area contributed by atoms with Crippen molar-refractivity contribution in [3.63, 3.8) is 0 Å². The molecular weight excluding hydrogens is 320 g/mol. The van der Waals surface area contributed by atoms with Gasteiger partial charge >= 0.3 is 5.97 Å². The predicted octanol–water partition coefficient (Wildman–Crippen LogP) is 1.44. The number of rotatable bonds is 6. The van der Waals surface area contributed by atoms with Gasteiger partial charge in [0.15, 0.2) is 5.75 Å². The van der Waals surface area contributed by atoms with E-state index in [1.807, 2.05) is 30.3 Å². The third kappa shape index (κ3) is 4.48. The zero-order valence-electron chi connectivity index (χ0n) is 14.0. The van der Waals surface area contributed by atoms with E-state index < -0.39 is 17.3 Å². The van der Waals surface area contributed by atoms with Crippen LogP contribution < -0.4 is 10.9 Å². The largest absolute Gasteiger partial charge is 0.503 e. The molecule has 3 rings (SSSR count). The van der Waals surface area contributed by atoms with Crippen LogP contribution >= 0.6 is 0 Å². The molecule has 1 fully saturated rings. The third-order valence-electron chi connectivity index (χ3n) is 4.36. The van der Waals surface area contributed by atoms with Gasteiger partial charge < -0.3 is 19.7 Å². The maximum absolute atomic E-state index is 12.3. The van der Waals surface area contributed by atoms with Gasteiger partial charge in [-0.1, -0.05) is 30.3 Å². The van der Waals surface area contributed by atoms with E-state index in [1.54, 1.807) is 12.3 Å². The van der Waals surface area contributed by atoms with E-state index in [2.05, 4.69) is 5.32 Å². The standard InChI is InChI=1S/C19H22N2O4/c22-17(25-13-16-7-4-9-20-16)11-15-8-10-21(19(24)18(15)23)12-14-5-2-1-3-6-14/h1-3,5-6,8,10,16,20,23H,4,7,9,11-13H2. The number of carbonyl (C=O) groups excluding carboxylic acids is 1. The van der Waals surface area contributed by atoms with E-state index in [0.717, 1.165) is 24.9 Å². The van der Waals surface area contributed by atoms with Gasteiger partial charge in [0.25, 0.3) is 5.56 Å². The van der Waals surface area contributed by atoms with Crippen molar-refractivity contribution in [3.05, 3.63) is 64.1 Å². The Morgan fingerprint density at radius 3 is 2.80 bits per heavy atom. The number of benzene rings is 1. The van der Waals surface area contributed by atoms with E-state index in [4.69, 9.17) is 4.74 Å². The smallest absolute Gasteiger partial charge is 0.310 e. The Bertz CT molecular complexity index is 780. The Morgan fingerprint density at radius 2 is 2.08 bits per heavy atom. The van der Waals surface area contributed by atoms with E-state index >= 15 is 0 Å². The summed E-state index contributed by atoms with van der Waals surface area (Å²) < 4.78 is 6.65. The summed E-state index contributed by atoms with van der Waals surface area (Å²) >= 11 is 0. The highest BCUT2D eigenvalue weighted by atomic mass is 16.5. The molecule has 0 radical (unpaired) electrons. The summed E-state index contributed by atoms with van der Waals surface area (Å²) in [5.74, 6) is -0.835. The van der Waals surface area contributed by atoms with Gasteiger partial charge in [-0.2, -0.15) is 0 Å². The number of aromatic hydroxyl groups is 1. The number of nitrogens with zero attached hydrogens (tertiary/aromatic N) is 1. The fraction of sp³-hybridized carbons (Fsp3) is 0.368. The van der Waals surface area contributed by atoms with Gasteiger partial charge in [0.2, 0.25) is 0 Å². The van der Waals surface area contributed by atoms with Crippen LogP contribution in [-0.2, 0) is 22.5 Å². The van der Waals surface area contributed by atoms with Crippen molar-refractivity contribution in [2.24, 2.45) is 0 Å². The Balaban J connectivity index is 1.63. The van der Waals surface area contributed by atoms with Crippen LogP contribution in [0.3, 0.4) is 0 Å². The summed E-state index contributed by atoms with van der Waals surface area (Å²) in [6, 6.07) is 11.3. The molecule has 1 saturated heterocycles. The monoisotopic (exact) mass is 342 g/mol. The fourth-order valence-corrected chi connectivity index (χ4v) is 2.95. The average molecular weight is 342 g/mol. The minimum absolute atomic E-state index is 0.111. The molecule has 25 heavy (non-hydrogen) atoms. The lowest BCUT2D eigenvalue weighted by Gasteiger charge is -2.12. The average Bonchev–Trinajstić information content (AvgIpc) is 3.14. The van der Waals surface area contributed by atoms with Crippen molar-refractivity contribution in [3.8, 4) is 5.75 Å². The van der Waals surface area contributed by atoms with Crippen LogP contribution in [-0.4, -0.2) is 34.8 Å². The molecule has 1 unspecified atom stereocenters. The maximum Gasteiger partial charge on any atom is 0.310 e. The maximum atomic E-state index is 12.3. The molecule has 0 spiro atoms. The summed E-state index contributed by atoms with van der Waals surface area (Å²) in [5, 5.41) is 13.4. The lowest BCUT2D eigenvalue weighted by molar-refractivity contribution is -0.143. The molecule has 2 heterocycles. The highest BCUT2D eigenvalue weighted by Gasteiger charge is 2.18. The van der Waals surface area contributed by atoms with E-state index in [-0.39, 0.29) is 12.5 Å². The summed E-state index contributed by atoms with van der Waals surface area (Å²) in [4.78, 5) is 24.2. The van der Waals surface area contributed by atoms with Crippen LogP contribution in [0.1, 0.15) is 24.0 Å². The minimum Gasteiger partial charge on any atom is -0.503 e. The molecule has 132 valence electrons. The number of pyridine rings is 1. The van der Waals surface area contributed by atoms with Gasteiger partial charge in [-0.25, -0.2) is 0 Å². The van der Waals surface area contributed by atoms with E-state index in [0.29, 0.717) is 18.7 Å². The molecule has 1 aliphatic heterocycles. The molecule has 1 aromatic carbocycles. The summed E-state index contributed by atoms with van der Waals surface area (Å²) in [7, 11) is 0. The number of ether oxygens (including phenoxy) is 1. The van der Waals surface area contributed by atoms with Gasteiger partial charge in [0.1, 0.15) is 6.61 Å². The molecule has 0 saturated carbocycles. The molecular formula is C19H22N2O4. The zero-order valence-corrected chi connectivity index (χ0v) is 14.0. The van der Waals surface area contributed by atoms with Crippen LogP contribution in [0.25, 0.3) is 0 Å². The molecule has 2 N–H and O–H groups in total. The fourth-order valence-electron chi connectivity index (χ4n) is 2.95. The lowest BCUT2D eigenvalue weighted by atomic mass is 10.1.